The second-order valence-electron chi connectivity index (χ2n) is 4.14. The molecule has 0 bridgehead atoms. The summed E-state index contributed by atoms with van der Waals surface area (Å²) >= 11 is 0. The van der Waals surface area contributed by atoms with Crippen molar-refractivity contribution in [1.29, 1.82) is 0 Å². The fourth-order valence-corrected chi connectivity index (χ4v) is 1.62. The molecule has 0 aliphatic carbocycles. The van der Waals surface area contributed by atoms with Crippen LogP contribution in [-0.4, -0.2) is 17.0 Å². The number of hydrogen-bond donors (Lipinski definition) is 1. The molecule has 0 spiro atoms. The summed E-state index contributed by atoms with van der Waals surface area (Å²) in [5, 5.41) is 0. The molecule has 0 atom stereocenters. The van der Waals surface area contributed by atoms with Gasteiger partial charge in [0.05, 0.1) is 0 Å². The van der Waals surface area contributed by atoms with Gasteiger partial charge in [-0.2, -0.15) is 0 Å². The van der Waals surface area contributed by atoms with Gasteiger partial charge in [-0.15, -0.1) is 0 Å². The average Bonchev–Trinajstić information content (AvgIpc) is 2.32. The van der Waals surface area contributed by atoms with Crippen LogP contribution in [0, 0.1) is 6.92 Å². The smallest absolute Gasteiger partial charge is 0.134 e. The van der Waals surface area contributed by atoms with Crippen LogP contribution >= 0.6 is 0 Å². The van der Waals surface area contributed by atoms with E-state index in [0.717, 1.165) is 12.4 Å². The third-order valence-electron chi connectivity index (χ3n) is 2.61. The van der Waals surface area contributed by atoms with Gasteiger partial charge < -0.3 is 10.6 Å². The maximum absolute atomic E-state index is 5.63. The highest BCUT2D eigenvalue weighted by Gasteiger charge is 2.04. The van der Waals surface area contributed by atoms with E-state index in [1.165, 1.54) is 17.5 Å². The summed E-state index contributed by atoms with van der Waals surface area (Å²) in [6, 6.07) is 10.2. The molecule has 2 rings (SSSR count). The maximum atomic E-state index is 5.63. The molecule has 0 aliphatic heterocycles. The van der Waals surface area contributed by atoms with Crippen LogP contribution < -0.4 is 10.6 Å². The van der Waals surface area contributed by atoms with Crippen molar-refractivity contribution in [3.05, 3.63) is 47.8 Å². The molecule has 88 valence electrons. The zero-order valence-corrected chi connectivity index (χ0v) is 10.1. The van der Waals surface area contributed by atoms with Crippen LogP contribution in [-0.2, 0) is 6.54 Å². The average molecular weight is 228 g/mol. The lowest BCUT2D eigenvalue weighted by molar-refractivity contribution is 0.891. The van der Waals surface area contributed by atoms with Crippen molar-refractivity contribution >= 4 is 11.6 Å². The Bertz CT molecular complexity index is 493. The topological polar surface area (TPSA) is 55.0 Å². The minimum atomic E-state index is 0.491. The van der Waals surface area contributed by atoms with E-state index in [-0.39, 0.29) is 0 Å². The first-order chi connectivity index (χ1) is 8.15. The quantitative estimate of drug-likeness (QED) is 0.873. The van der Waals surface area contributed by atoms with Gasteiger partial charge in [-0.25, -0.2) is 9.97 Å². The Balaban J connectivity index is 2.11. The van der Waals surface area contributed by atoms with Gasteiger partial charge in [0.1, 0.15) is 18.0 Å². The van der Waals surface area contributed by atoms with Crippen molar-refractivity contribution in [2.45, 2.75) is 13.5 Å². The van der Waals surface area contributed by atoms with Crippen LogP contribution in [0.2, 0.25) is 0 Å². The zero-order valence-electron chi connectivity index (χ0n) is 10.1. The molecule has 2 N–H and O–H groups in total. The van der Waals surface area contributed by atoms with Crippen LogP contribution in [0.25, 0.3) is 0 Å². The molecule has 4 heteroatoms. The summed E-state index contributed by atoms with van der Waals surface area (Å²) < 4.78 is 0. The van der Waals surface area contributed by atoms with Crippen molar-refractivity contribution in [3.63, 3.8) is 0 Å². The molecule has 1 heterocycles. The molecule has 4 nitrogen and oxygen atoms in total. The van der Waals surface area contributed by atoms with Crippen LogP contribution in [0.3, 0.4) is 0 Å². The Hall–Kier alpha value is -2.10. The van der Waals surface area contributed by atoms with Crippen molar-refractivity contribution in [2.24, 2.45) is 0 Å². The maximum Gasteiger partial charge on any atom is 0.134 e. The Kier molecular flexibility index (Phi) is 3.23. The van der Waals surface area contributed by atoms with Crippen molar-refractivity contribution < 1.29 is 0 Å². The minimum absolute atomic E-state index is 0.491. The van der Waals surface area contributed by atoms with Gasteiger partial charge >= 0.3 is 0 Å². The Morgan fingerprint density at radius 2 is 1.88 bits per heavy atom. The molecule has 0 saturated carbocycles. The van der Waals surface area contributed by atoms with E-state index in [2.05, 4.69) is 41.2 Å². The highest BCUT2D eigenvalue weighted by atomic mass is 15.2. The number of aromatic nitrogens is 2. The summed E-state index contributed by atoms with van der Waals surface area (Å²) in [4.78, 5) is 10.1. The first kappa shape index (κ1) is 11.4. The van der Waals surface area contributed by atoms with Gasteiger partial charge in [0.15, 0.2) is 0 Å². The van der Waals surface area contributed by atoms with Crippen molar-refractivity contribution in [1.82, 2.24) is 9.97 Å². The summed E-state index contributed by atoms with van der Waals surface area (Å²) in [7, 11) is 1.99. The van der Waals surface area contributed by atoms with E-state index in [9.17, 15) is 0 Å². The predicted molar refractivity (Wildman–Crippen MR) is 69.7 cm³/mol. The number of anilines is 2. The summed E-state index contributed by atoms with van der Waals surface area (Å²) in [5.74, 6) is 1.32. The molecule has 0 amide bonds. The second kappa shape index (κ2) is 4.82. The lowest BCUT2D eigenvalue weighted by atomic mass is 10.1. The normalized spacial score (nSPS) is 10.2. The summed E-state index contributed by atoms with van der Waals surface area (Å²) in [6.07, 6.45) is 1.48. The Labute approximate surface area is 101 Å². The van der Waals surface area contributed by atoms with Gasteiger partial charge in [-0.3, -0.25) is 0 Å². The molecule has 1 aromatic heterocycles. The molecular weight excluding hydrogens is 212 g/mol. The molecule has 0 fully saturated rings. The highest BCUT2D eigenvalue weighted by molar-refractivity contribution is 5.45. The third kappa shape index (κ3) is 2.93. The van der Waals surface area contributed by atoms with E-state index in [4.69, 9.17) is 5.73 Å². The highest BCUT2D eigenvalue weighted by Crippen LogP contribution is 2.14. The van der Waals surface area contributed by atoms with E-state index in [0.29, 0.717) is 5.82 Å². The number of hydrogen-bond acceptors (Lipinski definition) is 4. The molecule has 2 aromatic rings. The standard InChI is InChI=1S/C13H16N4/c1-10-3-5-11(6-4-10)8-17(2)13-7-12(14)15-9-16-13/h3-7,9H,8H2,1-2H3,(H2,14,15,16). The van der Waals surface area contributed by atoms with E-state index >= 15 is 0 Å². The van der Waals surface area contributed by atoms with Crippen LogP contribution in [0.5, 0.6) is 0 Å². The number of aryl methyl sites for hydroxylation is 1. The first-order valence-electron chi connectivity index (χ1n) is 5.49. The lowest BCUT2D eigenvalue weighted by Gasteiger charge is -2.18. The number of nitrogen functional groups attached to an aromatic ring is 1. The van der Waals surface area contributed by atoms with E-state index < -0.39 is 0 Å². The monoisotopic (exact) mass is 228 g/mol. The van der Waals surface area contributed by atoms with Crippen LogP contribution in [0.4, 0.5) is 11.6 Å². The molecule has 0 radical (unpaired) electrons. The molecule has 0 unspecified atom stereocenters. The number of benzene rings is 1. The first-order valence-corrected chi connectivity index (χ1v) is 5.49. The predicted octanol–water partition coefficient (Wildman–Crippen LogP) is 2.00. The fraction of sp³-hybridized carbons (Fsp3) is 0.231. The van der Waals surface area contributed by atoms with Gasteiger partial charge in [0.25, 0.3) is 0 Å². The number of nitrogens with zero attached hydrogens (tertiary/aromatic N) is 3. The lowest BCUT2D eigenvalue weighted by Crippen LogP contribution is -2.18. The molecule has 0 saturated heterocycles. The summed E-state index contributed by atoms with van der Waals surface area (Å²) in [6.45, 7) is 2.88. The molecular formula is C13H16N4. The summed E-state index contributed by atoms with van der Waals surface area (Å²) in [5.41, 5.74) is 8.14. The number of nitrogens with two attached hydrogens (primary N) is 1. The van der Waals surface area contributed by atoms with E-state index in [1.54, 1.807) is 6.07 Å². The van der Waals surface area contributed by atoms with Crippen LogP contribution in [0.15, 0.2) is 36.7 Å². The SMILES string of the molecule is Cc1ccc(CN(C)c2cc(N)ncn2)cc1. The largest absolute Gasteiger partial charge is 0.384 e. The zero-order chi connectivity index (χ0) is 12.3. The number of rotatable bonds is 3. The molecule has 1 aromatic carbocycles. The van der Waals surface area contributed by atoms with Crippen LogP contribution in [0.1, 0.15) is 11.1 Å². The Morgan fingerprint density at radius 3 is 2.53 bits per heavy atom. The minimum Gasteiger partial charge on any atom is -0.384 e. The fourth-order valence-electron chi connectivity index (χ4n) is 1.62. The molecule has 17 heavy (non-hydrogen) atoms. The van der Waals surface area contributed by atoms with Gasteiger partial charge in [0, 0.05) is 19.7 Å². The van der Waals surface area contributed by atoms with Crippen molar-refractivity contribution in [3.8, 4) is 0 Å². The van der Waals surface area contributed by atoms with E-state index in [1.807, 2.05) is 11.9 Å². The van der Waals surface area contributed by atoms with Gasteiger partial charge in [0.2, 0.25) is 0 Å². The Morgan fingerprint density at radius 1 is 1.18 bits per heavy atom. The van der Waals surface area contributed by atoms with Gasteiger partial charge in [-0.05, 0) is 12.5 Å². The molecule has 0 aliphatic rings. The third-order valence-corrected chi connectivity index (χ3v) is 2.61. The van der Waals surface area contributed by atoms with Gasteiger partial charge in [-0.1, -0.05) is 29.8 Å². The van der Waals surface area contributed by atoms with Crippen molar-refractivity contribution in [2.75, 3.05) is 17.7 Å². The second-order valence-corrected chi connectivity index (χ2v) is 4.14.